The molecule has 4 nitrogen and oxygen atoms in total. The van der Waals surface area contributed by atoms with E-state index in [1.165, 1.54) is 6.07 Å². The van der Waals surface area contributed by atoms with Gasteiger partial charge in [0, 0.05) is 23.1 Å². The van der Waals surface area contributed by atoms with Crippen LogP contribution < -0.4 is 5.32 Å². The maximum absolute atomic E-state index is 13.3. The Bertz CT molecular complexity index is 616. The average molecular weight is 293 g/mol. The molecule has 0 spiro atoms. The summed E-state index contributed by atoms with van der Waals surface area (Å²) in [5.41, 5.74) is 1.36. The third-order valence-electron chi connectivity index (χ3n) is 3.63. The number of aryl methyl sites for hydroxylation is 1. The lowest BCUT2D eigenvalue weighted by atomic mass is 10.0. The lowest BCUT2D eigenvalue weighted by Gasteiger charge is -2.13. The van der Waals surface area contributed by atoms with Crippen molar-refractivity contribution < 1.29 is 8.91 Å². The van der Waals surface area contributed by atoms with E-state index in [2.05, 4.69) is 15.5 Å². The van der Waals surface area contributed by atoms with E-state index >= 15 is 0 Å². The summed E-state index contributed by atoms with van der Waals surface area (Å²) in [6.45, 7) is 1.73. The Kier molecular flexibility index (Phi) is 3.76. The smallest absolute Gasteiger partial charge is 0.232 e. The van der Waals surface area contributed by atoms with Crippen LogP contribution in [-0.4, -0.2) is 34.7 Å². The van der Waals surface area contributed by atoms with Crippen molar-refractivity contribution in [2.24, 2.45) is 0 Å². The highest BCUT2D eigenvalue weighted by Crippen LogP contribution is 2.32. The number of benzene rings is 1. The van der Waals surface area contributed by atoms with E-state index in [-0.39, 0.29) is 11.7 Å². The van der Waals surface area contributed by atoms with Gasteiger partial charge in [0.15, 0.2) is 0 Å². The van der Waals surface area contributed by atoms with Crippen molar-refractivity contribution in [3.8, 4) is 11.4 Å². The molecule has 0 radical (unpaired) electrons. The van der Waals surface area contributed by atoms with Crippen LogP contribution >= 0.6 is 11.8 Å². The fourth-order valence-electron chi connectivity index (χ4n) is 2.37. The number of aromatic nitrogens is 2. The van der Waals surface area contributed by atoms with Gasteiger partial charge in [-0.25, -0.2) is 4.39 Å². The van der Waals surface area contributed by atoms with Crippen LogP contribution in [0.4, 0.5) is 4.39 Å². The zero-order valence-electron chi connectivity index (χ0n) is 11.4. The van der Waals surface area contributed by atoms with E-state index in [0.717, 1.165) is 17.1 Å². The van der Waals surface area contributed by atoms with Gasteiger partial charge in [0.05, 0.1) is 5.92 Å². The third kappa shape index (κ3) is 2.45. The number of thioether (sulfide) groups is 1. The summed E-state index contributed by atoms with van der Waals surface area (Å²) in [4.78, 5) is 4.48. The van der Waals surface area contributed by atoms with Crippen LogP contribution in [0, 0.1) is 12.7 Å². The molecule has 1 aliphatic heterocycles. The molecule has 2 atom stereocenters. The predicted molar refractivity (Wildman–Crippen MR) is 77.3 cm³/mol. The normalized spacial score (nSPS) is 22.4. The fourth-order valence-corrected chi connectivity index (χ4v) is 3.79. The van der Waals surface area contributed by atoms with E-state index in [0.29, 0.717) is 23.3 Å². The van der Waals surface area contributed by atoms with Gasteiger partial charge in [0.2, 0.25) is 11.7 Å². The van der Waals surface area contributed by atoms with E-state index in [9.17, 15) is 4.39 Å². The first-order valence-electron chi connectivity index (χ1n) is 6.54. The Morgan fingerprint density at radius 3 is 3.00 bits per heavy atom. The molecule has 20 heavy (non-hydrogen) atoms. The molecule has 1 aromatic carbocycles. The molecule has 2 heterocycles. The molecule has 106 valence electrons. The average Bonchev–Trinajstić information content (AvgIpc) is 3.09. The van der Waals surface area contributed by atoms with Crippen molar-refractivity contribution in [2.75, 3.05) is 18.6 Å². The van der Waals surface area contributed by atoms with Crippen LogP contribution in [0.15, 0.2) is 22.7 Å². The summed E-state index contributed by atoms with van der Waals surface area (Å²) in [5, 5.41) is 7.30. The predicted octanol–water partition coefficient (Wildman–Crippen LogP) is 2.60. The second kappa shape index (κ2) is 5.54. The molecule has 6 heteroatoms. The van der Waals surface area contributed by atoms with E-state index in [4.69, 9.17) is 4.52 Å². The topological polar surface area (TPSA) is 51.0 Å². The minimum atomic E-state index is -0.222. The van der Waals surface area contributed by atoms with Gasteiger partial charge in [-0.1, -0.05) is 5.16 Å². The largest absolute Gasteiger partial charge is 0.339 e. The molecule has 1 aromatic heterocycles. The standard InChI is InChI=1S/C14H16FN3OS/c1-8-5-9(3-4-11(8)15)13-17-14(19-18-13)10-6-20-7-12(10)16-2/h3-5,10,12,16H,6-7H2,1-2H3. The summed E-state index contributed by atoms with van der Waals surface area (Å²) in [5.74, 6) is 3.23. The summed E-state index contributed by atoms with van der Waals surface area (Å²) >= 11 is 1.88. The van der Waals surface area contributed by atoms with E-state index in [1.54, 1.807) is 19.1 Å². The van der Waals surface area contributed by atoms with E-state index in [1.807, 2.05) is 18.8 Å². The number of nitrogens with zero attached hydrogens (tertiary/aromatic N) is 2. The van der Waals surface area contributed by atoms with Crippen LogP contribution in [0.25, 0.3) is 11.4 Å². The minimum Gasteiger partial charge on any atom is -0.339 e. The highest BCUT2D eigenvalue weighted by Gasteiger charge is 2.32. The van der Waals surface area contributed by atoms with Crippen LogP contribution in [0.1, 0.15) is 17.4 Å². The van der Waals surface area contributed by atoms with Gasteiger partial charge in [-0.05, 0) is 37.7 Å². The van der Waals surface area contributed by atoms with Crippen LogP contribution in [-0.2, 0) is 0 Å². The third-order valence-corrected chi connectivity index (χ3v) is 4.82. The van der Waals surface area contributed by atoms with Crippen molar-refractivity contribution in [3.05, 3.63) is 35.5 Å². The van der Waals surface area contributed by atoms with Crippen LogP contribution in [0.2, 0.25) is 0 Å². The zero-order chi connectivity index (χ0) is 14.1. The Labute approximate surface area is 121 Å². The molecule has 0 amide bonds. The minimum absolute atomic E-state index is 0.222. The first-order valence-corrected chi connectivity index (χ1v) is 7.69. The first kappa shape index (κ1) is 13.6. The number of rotatable bonds is 3. The van der Waals surface area contributed by atoms with Crippen LogP contribution in [0.5, 0.6) is 0 Å². The lowest BCUT2D eigenvalue weighted by Crippen LogP contribution is -2.31. The monoisotopic (exact) mass is 293 g/mol. The van der Waals surface area contributed by atoms with Gasteiger partial charge in [0.25, 0.3) is 0 Å². The quantitative estimate of drug-likeness (QED) is 0.942. The number of hydrogen-bond acceptors (Lipinski definition) is 5. The highest BCUT2D eigenvalue weighted by molar-refractivity contribution is 7.99. The maximum Gasteiger partial charge on any atom is 0.232 e. The molecule has 2 aromatic rings. The number of likely N-dealkylation sites (N-methyl/N-ethyl adjacent to an activating group) is 1. The van der Waals surface area contributed by atoms with Crippen LogP contribution in [0.3, 0.4) is 0 Å². The van der Waals surface area contributed by atoms with E-state index < -0.39 is 0 Å². The molecule has 0 saturated carbocycles. The van der Waals surface area contributed by atoms with Crippen molar-refractivity contribution >= 4 is 11.8 Å². The summed E-state index contributed by atoms with van der Waals surface area (Å²) in [6.07, 6.45) is 0. The number of nitrogens with one attached hydrogen (secondary N) is 1. The number of hydrogen-bond donors (Lipinski definition) is 1. The second-order valence-corrected chi connectivity index (χ2v) is 6.03. The molecule has 1 fully saturated rings. The van der Waals surface area contributed by atoms with Gasteiger partial charge in [-0.15, -0.1) is 0 Å². The molecule has 1 aliphatic rings. The molecule has 3 rings (SSSR count). The van der Waals surface area contributed by atoms with Crippen molar-refractivity contribution in [3.63, 3.8) is 0 Å². The molecule has 0 bridgehead atoms. The fraction of sp³-hybridized carbons (Fsp3) is 0.429. The lowest BCUT2D eigenvalue weighted by molar-refractivity contribution is 0.344. The molecule has 1 saturated heterocycles. The maximum atomic E-state index is 13.3. The van der Waals surface area contributed by atoms with Gasteiger partial charge < -0.3 is 9.84 Å². The molecular formula is C14H16FN3OS. The summed E-state index contributed by atoms with van der Waals surface area (Å²) in [7, 11) is 1.95. The zero-order valence-corrected chi connectivity index (χ0v) is 12.2. The highest BCUT2D eigenvalue weighted by atomic mass is 32.2. The Hall–Kier alpha value is -1.40. The van der Waals surface area contributed by atoms with Crippen molar-refractivity contribution in [1.29, 1.82) is 0 Å². The Balaban J connectivity index is 1.88. The van der Waals surface area contributed by atoms with Gasteiger partial charge in [-0.2, -0.15) is 16.7 Å². The molecule has 2 unspecified atom stereocenters. The molecule has 1 N–H and O–H groups in total. The van der Waals surface area contributed by atoms with Gasteiger partial charge in [0.1, 0.15) is 5.82 Å². The van der Waals surface area contributed by atoms with Crippen molar-refractivity contribution in [1.82, 2.24) is 15.5 Å². The second-order valence-electron chi connectivity index (χ2n) is 4.96. The molecule has 0 aliphatic carbocycles. The van der Waals surface area contributed by atoms with Gasteiger partial charge >= 0.3 is 0 Å². The van der Waals surface area contributed by atoms with Gasteiger partial charge in [-0.3, -0.25) is 0 Å². The molecular weight excluding hydrogens is 277 g/mol. The Morgan fingerprint density at radius 1 is 1.40 bits per heavy atom. The summed E-state index contributed by atoms with van der Waals surface area (Å²) in [6, 6.07) is 5.21. The first-order chi connectivity index (χ1) is 9.69. The number of halogens is 1. The van der Waals surface area contributed by atoms with Crippen molar-refractivity contribution in [2.45, 2.75) is 18.9 Å². The SMILES string of the molecule is CNC1CSCC1c1nc(-c2ccc(F)c(C)c2)no1. The Morgan fingerprint density at radius 2 is 2.25 bits per heavy atom. The summed E-state index contributed by atoms with van der Waals surface area (Å²) < 4.78 is 18.7.